The van der Waals surface area contributed by atoms with E-state index in [2.05, 4.69) is 23.6 Å². The molecule has 0 radical (unpaired) electrons. The highest BCUT2D eigenvalue weighted by Gasteiger charge is 2.35. The number of guanidine groups is 1. The highest BCUT2D eigenvalue weighted by atomic mass is 16.5. The van der Waals surface area contributed by atoms with Gasteiger partial charge in [-0.1, -0.05) is 38.0 Å². The molecule has 1 aromatic carbocycles. The molecule has 0 bridgehead atoms. The van der Waals surface area contributed by atoms with Gasteiger partial charge in [-0.25, -0.2) is 0 Å². The Kier molecular flexibility index (Phi) is 6.62. The molecule has 162 valence electrons. The summed E-state index contributed by atoms with van der Waals surface area (Å²) in [5, 5.41) is 17.6. The number of benzene rings is 1. The van der Waals surface area contributed by atoms with E-state index in [4.69, 9.17) is 14.1 Å². The van der Waals surface area contributed by atoms with Crippen LogP contribution in [0.3, 0.4) is 0 Å². The van der Waals surface area contributed by atoms with Gasteiger partial charge >= 0.3 is 0 Å². The van der Waals surface area contributed by atoms with Crippen molar-refractivity contribution in [3.8, 4) is 5.75 Å². The topological polar surface area (TPSA) is 79.0 Å². The Morgan fingerprint density at radius 1 is 1.20 bits per heavy atom. The van der Waals surface area contributed by atoms with Crippen LogP contribution in [0, 0.1) is 5.41 Å². The fraction of sp³-hybridized carbons (Fsp3) is 0.542. The normalized spacial score (nSPS) is 26.5. The van der Waals surface area contributed by atoms with Gasteiger partial charge in [-0.3, -0.25) is 4.99 Å². The molecular weight excluding hydrogens is 378 g/mol. The quantitative estimate of drug-likeness (QED) is 0.497. The summed E-state index contributed by atoms with van der Waals surface area (Å²) in [7, 11) is 0. The van der Waals surface area contributed by atoms with Gasteiger partial charge < -0.3 is 24.9 Å². The summed E-state index contributed by atoms with van der Waals surface area (Å²) < 4.78 is 11.3. The Bertz CT molecular complexity index is 836. The maximum Gasteiger partial charge on any atom is 0.191 e. The van der Waals surface area contributed by atoms with Gasteiger partial charge in [0.1, 0.15) is 11.5 Å². The number of fused-ring (bicyclic) bond motifs is 1. The number of furan rings is 1. The van der Waals surface area contributed by atoms with Gasteiger partial charge in [-0.15, -0.1) is 0 Å². The van der Waals surface area contributed by atoms with Crippen LogP contribution in [0.2, 0.25) is 0 Å². The first kappa shape index (κ1) is 20.8. The van der Waals surface area contributed by atoms with Gasteiger partial charge in [0.15, 0.2) is 5.96 Å². The van der Waals surface area contributed by atoms with Crippen molar-refractivity contribution in [2.75, 3.05) is 19.7 Å². The zero-order chi connectivity index (χ0) is 20.8. The van der Waals surface area contributed by atoms with Gasteiger partial charge in [-0.05, 0) is 31.0 Å². The van der Waals surface area contributed by atoms with E-state index in [0.29, 0.717) is 13.2 Å². The lowest BCUT2D eigenvalue weighted by molar-refractivity contribution is 0.00715. The van der Waals surface area contributed by atoms with Crippen LogP contribution in [0.15, 0.2) is 52.1 Å². The van der Waals surface area contributed by atoms with Crippen LogP contribution in [-0.2, 0) is 6.42 Å². The van der Waals surface area contributed by atoms with E-state index < -0.39 is 0 Å². The molecule has 0 amide bonds. The van der Waals surface area contributed by atoms with Crippen molar-refractivity contribution in [3.63, 3.8) is 0 Å². The van der Waals surface area contributed by atoms with Crippen LogP contribution >= 0.6 is 0 Å². The third-order valence-corrected chi connectivity index (χ3v) is 6.39. The van der Waals surface area contributed by atoms with Crippen LogP contribution < -0.4 is 15.4 Å². The number of nitrogens with zero attached hydrogens (tertiary/aromatic N) is 1. The van der Waals surface area contributed by atoms with Crippen LogP contribution in [0.4, 0.5) is 0 Å². The van der Waals surface area contributed by atoms with E-state index >= 15 is 0 Å². The lowest BCUT2D eigenvalue weighted by atomic mass is 9.73. The summed E-state index contributed by atoms with van der Waals surface area (Å²) >= 11 is 0. The van der Waals surface area contributed by atoms with Gasteiger partial charge in [0, 0.05) is 30.4 Å². The molecule has 1 aliphatic carbocycles. The smallest absolute Gasteiger partial charge is 0.191 e. The molecule has 6 nitrogen and oxygen atoms in total. The number of aliphatic imine (C=N–C) groups is 1. The van der Waals surface area contributed by atoms with E-state index in [-0.39, 0.29) is 17.6 Å². The molecule has 2 aromatic rings. The predicted molar refractivity (Wildman–Crippen MR) is 118 cm³/mol. The first-order valence-corrected chi connectivity index (χ1v) is 11.1. The minimum absolute atomic E-state index is 0.147. The molecule has 1 fully saturated rings. The second kappa shape index (κ2) is 9.56. The Labute approximate surface area is 178 Å². The standard InChI is InChI=1S/C24H33N3O3/c1-24(13-5-4-10-22(24)28)17-26-23(25-14-11-18-7-6-15-29-18)27-20-12-16-30-21-9-3-2-8-19(20)21/h2-3,6-9,15,20,22,28H,4-5,10-14,16-17H2,1H3,(H2,25,26,27). The predicted octanol–water partition coefficient (Wildman–Crippen LogP) is 3.82. The first-order valence-electron chi connectivity index (χ1n) is 11.1. The second-order valence-electron chi connectivity index (χ2n) is 8.71. The van der Waals surface area contributed by atoms with Crippen molar-refractivity contribution in [2.24, 2.45) is 10.4 Å². The monoisotopic (exact) mass is 411 g/mol. The Balaban J connectivity index is 1.46. The van der Waals surface area contributed by atoms with Gasteiger partial charge in [0.25, 0.3) is 0 Å². The number of hydrogen-bond acceptors (Lipinski definition) is 4. The highest BCUT2D eigenvalue weighted by Crippen LogP contribution is 2.36. The number of rotatable bonds is 6. The first-order chi connectivity index (χ1) is 14.6. The number of para-hydroxylation sites is 1. The summed E-state index contributed by atoms with van der Waals surface area (Å²) in [6.07, 6.45) is 7.23. The third kappa shape index (κ3) is 4.98. The molecule has 30 heavy (non-hydrogen) atoms. The van der Waals surface area contributed by atoms with Crippen LogP contribution in [-0.4, -0.2) is 36.9 Å². The Morgan fingerprint density at radius 2 is 2.10 bits per heavy atom. The average Bonchev–Trinajstić information content (AvgIpc) is 3.28. The summed E-state index contributed by atoms with van der Waals surface area (Å²) in [5.41, 5.74) is 0.995. The Morgan fingerprint density at radius 3 is 2.93 bits per heavy atom. The lowest BCUT2D eigenvalue weighted by Gasteiger charge is -2.37. The molecular formula is C24H33N3O3. The molecule has 6 heteroatoms. The third-order valence-electron chi connectivity index (χ3n) is 6.39. The van der Waals surface area contributed by atoms with E-state index in [9.17, 15) is 5.11 Å². The largest absolute Gasteiger partial charge is 0.493 e. The molecule has 1 aliphatic heterocycles. The summed E-state index contributed by atoms with van der Waals surface area (Å²) in [6.45, 7) is 4.17. The van der Waals surface area contributed by atoms with E-state index in [1.807, 2.05) is 30.3 Å². The number of ether oxygens (including phenoxy) is 1. The van der Waals surface area contributed by atoms with Gasteiger partial charge in [0.05, 0.1) is 31.6 Å². The number of aliphatic hydroxyl groups excluding tert-OH is 1. The Hall–Kier alpha value is -2.47. The number of nitrogens with one attached hydrogen (secondary N) is 2. The zero-order valence-corrected chi connectivity index (χ0v) is 17.8. The molecule has 3 unspecified atom stereocenters. The second-order valence-corrected chi connectivity index (χ2v) is 8.71. The molecule has 2 aliphatic rings. The van der Waals surface area contributed by atoms with Crippen molar-refractivity contribution in [1.29, 1.82) is 0 Å². The maximum atomic E-state index is 10.6. The molecule has 4 rings (SSSR count). The average molecular weight is 412 g/mol. The summed E-state index contributed by atoms with van der Waals surface area (Å²) in [4.78, 5) is 4.92. The van der Waals surface area contributed by atoms with E-state index in [1.54, 1.807) is 6.26 Å². The molecule has 1 aromatic heterocycles. The maximum absolute atomic E-state index is 10.6. The van der Waals surface area contributed by atoms with Crippen LogP contribution in [0.25, 0.3) is 0 Å². The fourth-order valence-corrected chi connectivity index (χ4v) is 4.39. The summed E-state index contributed by atoms with van der Waals surface area (Å²) in [5.74, 6) is 2.67. The molecule has 0 spiro atoms. The minimum atomic E-state index is -0.289. The highest BCUT2D eigenvalue weighted by molar-refractivity contribution is 5.80. The molecule has 0 saturated heterocycles. The SMILES string of the molecule is CC1(CN=C(NCCc2ccco2)NC2CCOc3ccccc32)CCCCC1O. The van der Waals surface area contributed by atoms with Crippen molar-refractivity contribution >= 4 is 5.96 Å². The van der Waals surface area contributed by atoms with Crippen molar-refractivity contribution < 1.29 is 14.3 Å². The minimum Gasteiger partial charge on any atom is -0.493 e. The van der Waals surface area contributed by atoms with Crippen molar-refractivity contribution in [1.82, 2.24) is 10.6 Å². The van der Waals surface area contributed by atoms with Crippen molar-refractivity contribution in [3.05, 3.63) is 54.0 Å². The van der Waals surface area contributed by atoms with Crippen LogP contribution in [0.5, 0.6) is 5.75 Å². The number of hydrogen-bond donors (Lipinski definition) is 3. The zero-order valence-electron chi connectivity index (χ0n) is 17.8. The molecule has 3 N–H and O–H groups in total. The van der Waals surface area contributed by atoms with E-state index in [0.717, 1.165) is 68.1 Å². The molecule has 3 atom stereocenters. The number of aliphatic hydroxyl groups is 1. The molecule has 1 saturated carbocycles. The molecule has 2 heterocycles. The van der Waals surface area contributed by atoms with Gasteiger partial charge in [-0.2, -0.15) is 0 Å². The lowest BCUT2D eigenvalue weighted by Crippen LogP contribution is -2.44. The van der Waals surface area contributed by atoms with Crippen LogP contribution in [0.1, 0.15) is 56.4 Å². The fourth-order valence-electron chi connectivity index (χ4n) is 4.39. The summed E-state index contributed by atoms with van der Waals surface area (Å²) in [6, 6.07) is 12.2. The van der Waals surface area contributed by atoms with Crippen molar-refractivity contribution in [2.45, 2.75) is 57.6 Å². The van der Waals surface area contributed by atoms with Gasteiger partial charge in [0.2, 0.25) is 0 Å². The van der Waals surface area contributed by atoms with E-state index in [1.165, 1.54) is 0 Å².